The van der Waals surface area contributed by atoms with Crippen molar-refractivity contribution in [1.29, 1.82) is 0 Å². The third kappa shape index (κ3) is 5.77. The van der Waals surface area contributed by atoms with Crippen molar-refractivity contribution in [2.45, 2.75) is 40.3 Å². The number of benzene rings is 3. The maximum atomic E-state index is 14.3. The molecule has 190 valence electrons. The van der Waals surface area contributed by atoms with Gasteiger partial charge in [-0.2, -0.15) is 5.10 Å². The van der Waals surface area contributed by atoms with Crippen molar-refractivity contribution in [3.8, 4) is 0 Å². The van der Waals surface area contributed by atoms with E-state index in [0.29, 0.717) is 17.7 Å². The van der Waals surface area contributed by atoms with Crippen LogP contribution in [0.4, 0.5) is 4.39 Å². The standard InChI is InChI=1S/C30H31FN4O2/c1-19(2)28(33-29(36)22-15-13-20(3)14-16-22)30(37)34-32-17-25-21(4)35(27-12-8-6-10-24(25)27)18-23-9-5-7-11-26(23)31/h5-17,19,28H,18H2,1-4H3,(H,33,36)(H,34,37). The van der Waals surface area contributed by atoms with Gasteiger partial charge in [0.1, 0.15) is 11.9 Å². The van der Waals surface area contributed by atoms with Crippen LogP contribution in [0.5, 0.6) is 0 Å². The number of carbonyl (C=O) groups excluding carboxylic acids is 2. The van der Waals surface area contributed by atoms with Gasteiger partial charge in [-0.25, -0.2) is 9.82 Å². The fraction of sp³-hybridized carbons (Fsp3) is 0.233. The summed E-state index contributed by atoms with van der Waals surface area (Å²) in [4.78, 5) is 25.6. The first-order chi connectivity index (χ1) is 17.8. The van der Waals surface area contributed by atoms with Gasteiger partial charge >= 0.3 is 0 Å². The van der Waals surface area contributed by atoms with Gasteiger partial charge in [-0.3, -0.25) is 9.59 Å². The van der Waals surface area contributed by atoms with Gasteiger partial charge in [0, 0.05) is 33.3 Å². The van der Waals surface area contributed by atoms with Gasteiger partial charge in [-0.05, 0) is 44.0 Å². The quantitative estimate of drug-likeness (QED) is 0.254. The van der Waals surface area contributed by atoms with Gasteiger partial charge in [0.25, 0.3) is 11.8 Å². The number of nitrogens with zero attached hydrogens (tertiary/aromatic N) is 2. The number of hydrogen-bond acceptors (Lipinski definition) is 3. The molecule has 1 atom stereocenters. The highest BCUT2D eigenvalue weighted by atomic mass is 19.1. The molecule has 0 spiro atoms. The molecule has 1 unspecified atom stereocenters. The minimum Gasteiger partial charge on any atom is -0.340 e. The molecule has 0 aliphatic heterocycles. The van der Waals surface area contributed by atoms with Crippen LogP contribution < -0.4 is 10.7 Å². The van der Waals surface area contributed by atoms with Crippen molar-refractivity contribution >= 4 is 28.9 Å². The van der Waals surface area contributed by atoms with Gasteiger partial charge in [0.2, 0.25) is 0 Å². The highest BCUT2D eigenvalue weighted by Crippen LogP contribution is 2.26. The Morgan fingerprint density at radius 1 is 0.973 bits per heavy atom. The Hall–Kier alpha value is -4.26. The monoisotopic (exact) mass is 498 g/mol. The van der Waals surface area contributed by atoms with Crippen molar-refractivity contribution < 1.29 is 14.0 Å². The third-order valence-electron chi connectivity index (χ3n) is 6.48. The summed E-state index contributed by atoms with van der Waals surface area (Å²) >= 11 is 0. The second-order valence-corrected chi connectivity index (χ2v) is 9.49. The van der Waals surface area contributed by atoms with E-state index in [1.54, 1.807) is 30.5 Å². The minimum atomic E-state index is -0.755. The fourth-order valence-corrected chi connectivity index (χ4v) is 4.32. The molecular weight excluding hydrogens is 467 g/mol. The Morgan fingerprint density at radius 3 is 2.35 bits per heavy atom. The van der Waals surface area contributed by atoms with Gasteiger partial charge < -0.3 is 9.88 Å². The van der Waals surface area contributed by atoms with E-state index in [1.165, 1.54) is 6.07 Å². The molecule has 0 aliphatic carbocycles. The molecule has 0 radical (unpaired) electrons. The van der Waals surface area contributed by atoms with Crippen LogP contribution in [-0.2, 0) is 11.3 Å². The second kappa shape index (κ2) is 11.2. The lowest BCUT2D eigenvalue weighted by Crippen LogP contribution is -2.48. The van der Waals surface area contributed by atoms with Crippen LogP contribution in [0, 0.1) is 25.6 Å². The van der Waals surface area contributed by atoms with Gasteiger partial charge in [-0.15, -0.1) is 0 Å². The third-order valence-corrected chi connectivity index (χ3v) is 6.48. The summed E-state index contributed by atoms with van der Waals surface area (Å²) in [6.45, 7) is 8.00. The number of amides is 2. The normalized spacial score (nSPS) is 12.3. The Kier molecular flexibility index (Phi) is 7.82. The predicted molar refractivity (Wildman–Crippen MR) is 145 cm³/mol. The van der Waals surface area contributed by atoms with Crippen LogP contribution >= 0.6 is 0 Å². The van der Waals surface area contributed by atoms with Gasteiger partial charge in [-0.1, -0.05) is 67.9 Å². The fourth-order valence-electron chi connectivity index (χ4n) is 4.32. The number of halogens is 1. The van der Waals surface area contributed by atoms with E-state index < -0.39 is 11.9 Å². The zero-order chi connectivity index (χ0) is 26.5. The summed E-state index contributed by atoms with van der Waals surface area (Å²) in [5.74, 6) is -1.12. The lowest BCUT2D eigenvalue weighted by Gasteiger charge is -2.20. The molecule has 7 heteroatoms. The molecule has 0 fully saturated rings. The average molecular weight is 499 g/mol. The summed E-state index contributed by atoms with van der Waals surface area (Å²) in [7, 11) is 0. The summed E-state index contributed by atoms with van der Waals surface area (Å²) < 4.78 is 16.4. The highest BCUT2D eigenvalue weighted by Gasteiger charge is 2.24. The van der Waals surface area contributed by atoms with Crippen molar-refractivity contribution in [3.05, 3.63) is 107 Å². The zero-order valence-corrected chi connectivity index (χ0v) is 21.5. The van der Waals surface area contributed by atoms with E-state index in [0.717, 1.165) is 27.7 Å². The maximum absolute atomic E-state index is 14.3. The van der Waals surface area contributed by atoms with Crippen LogP contribution in [0.2, 0.25) is 0 Å². The molecule has 4 rings (SSSR count). The van der Waals surface area contributed by atoms with Crippen LogP contribution in [-0.4, -0.2) is 28.6 Å². The van der Waals surface area contributed by atoms with Crippen molar-refractivity contribution in [2.24, 2.45) is 11.0 Å². The van der Waals surface area contributed by atoms with E-state index in [2.05, 4.69) is 15.8 Å². The van der Waals surface area contributed by atoms with Gasteiger partial charge in [0.05, 0.1) is 12.8 Å². The summed E-state index contributed by atoms with van der Waals surface area (Å²) in [6, 6.07) is 21.0. The first-order valence-corrected chi connectivity index (χ1v) is 12.3. The minimum absolute atomic E-state index is 0.144. The summed E-state index contributed by atoms with van der Waals surface area (Å²) in [5.41, 5.74) is 7.39. The molecule has 37 heavy (non-hydrogen) atoms. The Balaban J connectivity index is 1.53. The van der Waals surface area contributed by atoms with Crippen LogP contribution in [0.15, 0.2) is 77.9 Å². The molecule has 2 amide bonds. The molecule has 0 aliphatic rings. The summed E-state index contributed by atoms with van der Waals surface area (Å²) in [5, 5.41) is 7.98. The molecule has 6 nitrogen and oxygen atoms in total. The second-order valence-electron chi connectivity index (χ2n) is 9.49. The number of carbonyl (C=O) groups is 2. The first-order valence-electron chi connectivity index (χ1n) is 12.3. The van der Waals surface area contributed by atoms with Crippen LogP contribution in [0.3, 0.4) is 0 Å². The number of para-hydroxylation sites is 1. The zero-order valence-electron chi connectivity index (χ0n) is 21.5. The SMILES string of the molecule is Cc1ccc(C(=O)NC(C(=O)NN=Cc2c(C)n(Cc3ccccc3F)c3ccccc23)C(C)C)cc1. The lowest BCUT2D eigenvalue weighted by molar-refractivity contribution is -0.123. The number of aryl methyl sites for hydroxylation is 1. The Morgan fingerprint density at radius 2 is 1.65 bits per heavy atom. The van der Waals surface area contributed by atoms with Crippen molar-refractivity contribution in [3.63, 3.8) is 0 Å². The number of nitrogens with one attached hydrogen (secondary N) is 2. The number of rotatable bonds is 8. The maximum Gasteiger partial charge on any atom is 0.262 e. The smallest absolute Gasteiger partial charge is 0.262 e. The van der Waals surface area contributed by atoms with Gasteiger partial charge in [0.15, 0.2) is 0 Å². The lowest BCUT2D eigenvalue weighted by atomic mass is 10.0. The van der Waals surface area contributed by atoms with Crippen LogP contribution in [0.25, 0.3) is 10.9 Å². The Bertz CT molecular complexity index is 1450. The molecule has 3 aromatic carbocycles. The van der Waals surface area contributed by atoms with E-state index in [9.17, 15) is 14.0 Å². The topological polar surface area (TPSA) is 75.5 Å². The molecule has 0 saturated carbocycles. The summed E-state index contributed by atoms with van der Waals surface area (Å²) in [6.07, 6.45) is 1.60. The molecule has 0 bridgehead atoms. The first kappa shape index (κ1) is 25.8. The van der Waals surface area contributed by atoms with E-state index in [-0.39, 0.29) is 17.6 Å². The highest BCUT2D eigenvalue weighted by molar-refractivity contribution is 6.02. The Labute approximate surface area is 216 Å². The molecule has 1 heterocycles. The van der Waals surface area contributed by atoms with Crippen LogP contribution in [0.1, 0.15) is 46.6 Å². The van der Waals surface area contributed by atoms with E-state index >= 15 is 0 Å². The molecular formula is C30H31FN4O2. The largest absolute Gasteiger partial charge is 0.340 e. The number of aromatic nitrogens is 1. The predicted octanol–water partition coefficient (Wildman–Crippen LogP) is 5.35. The number of hydrogen-bond donors (Lipinski definition) is 2. The molecule has 2 N–H and O–H groups in total. The van der Waals surface area contributed by atoms with E-state index in [4.69, 9.17) is 0 Å². The van der Waals surface area contributed by atoms with E-state index in [1.807, 2.05) is 74.7 Å². The average Bonchev–Trinajstić information content (AvgIpc) is 3.14. The molecule has 1 aromatic heterocycles. The number of hydrazone groups is 1. The number of fused-ring (bicyclic) bond motifs is 1. The molecule has 4 aromatic rings. The molecule has 0 saturated heterocycles. The van der Waals surface area contributed by atoms with Crippen molar-refractivity contribution in [2.75, 3.05) is 0 Å². The van der Waals surface area contributed by atoms with Crippen molar-refractivity contribution in [1.82, 2.24) is 15.3 Å².